The lowest BCUT2D eigenvalue weighted by Gasteiger charge is -2.23. The van der Waals surface area contributed by atoms with E-state index >= 15 is 0 Å². The highest BCUT2D eigenvalue weighted by molar-refractivity contribution is 5.57. The van der Waals surface area contributed by atoms with Crippen molar-refractivity contribution in [3.63, 3.8) is 0 Å². The van der Waals surface area contributed by atoms with Gasteiger partial charge in [-0.05, 0) is 18.8 Å². The van der Waals surface area contributed by atoms with Crippen LogP contribution in [0, 0.1) is 5.92 Å². The molecule has 0 aromatic rings. The summed E-state index contributed by atoms with van der Waals surface area (Å²) in [5.41, 5.74) is 5.58. The Balaban J connectivity index is 2.30. The summed E-state index contributed by atoms with van der Waals surface area (Å²) in [6, 6.07) is -0.194. The maximum absolute atomic E-state index is 10.3. The highest BCUT2D eigenvalue weighted by Crippen LogP contribution is 2.24. The first-order valence-corrected chi connectivity index (χ1v) is 4.05. The SMILES string of the molecule is N[C@H](C=O)C1CCCCC1. The van der Waals surface area contributed by atoms with E-state index in [0.717, 1.165) is 19.1 Å². The second-order valence-electron chi connectivity index (χ2n) is 3.11. The molecule has 2 heteroatoms. The number of carbonyl (C=O) groups excluding carboxylic acids is 1. The molecule has 1 aliphatic carbocycles. The zero-order valence-electron chi connectivity index (χ0n) is 6.25. The molecule has 0 bridgehead atoms. The van der Waals surface area contributed by atoms with E-state index < -0.39 is 0 Å². The van der Waals surface area contributed by atoms with Crippen LogP contribution in [0.4, 0.5) is 0 Å². The van der Waals surface area contributed by atoms with Crippen LogP contribution in [0.5, 0.6) is 0 Å². The van der Waals surface area contributed by atoms with Crippen LogP contribution >= 0.6 is 0 Å². The van der Waals surface area contributed by atoms with Gasteiger partial charge >= 0.3 is 0 Å². The van der Waals surface area contributed by atoms with Crippen LogP contribution in [0.2, 0.25) is 0 Å². The molecule has 0 aromatic carbocycles. The van der Waals surface area contributed by atoms with Crippen molar-refractivity contribution in [2.24, 2.45) is 11.7 Å². The third-order valence-electron chi connectivity index (χ3n) is 2.35. The molecule has 0 amide bonds. The fourth-order valence-corrected chi connectivity index (χ4v) is 1.63. The molecule has 58 valence electrons. The Morgan fingerprint density at radius 3 is 2.40 bits per heavy atom. The Bertz CT molecular complexity index is 108. The fourth-order valence-electron chi connectivity index (χ4n) is 1.63. The van der Waals surface area contributed by atoms with Crippen LogP contribution in [0.1, 0.15) is 32.1 Å². The monoisotopic (exact) mass is 141 g/mol. The van der Waals surface area contributed by atoms with E-state index in [9.17, 15) is 4.79 Å². The molecule has 1 atom stereocenters. The first-order valence-electron chi connectivity index (χ1n) is 4.05. The van der Waals surface area contributed by atoms with Gasteiger partial charge in [0.1, 0.15) is 6.29 Å². The molecular formula is C8H15NO. The van der Waals surface area contributed by atoms with Gasteiger partial charge in [-0.15, -0.1) is 0 Å². The average molecular weight is 141 g/mol. The Hall–Kier alpha value is -0.370. The van der Waals surface area contributed by atoms with Gasteiger partial charge in [0.25, 0.3) is 0 Å². The van der Waals surface area contributed by atoms with Crippen molar-refractivity contribution in [2.45, 2.75) is 38.1 Å². The molecule has 0 aromatic heterocycles. The number of carbonyl (C=O) groups is 1. The minimum Gasteiger partial charge on any atom is -0.322 e. The van der Waals surface area contributed by atoms with Crippen molar-refractivity contribution in [3.8, 4) is 0 Å². The van der Waals surface area contributed by atoms with Crippen LogP contribution in [0.25, 0.3) is 0 Å². The minimum absolute atomic E-state index is 0.194. The van der Waals surface area contributed by atoms with Crippen molar-refractivity contribution in [2.75, 3.05) is 0 Å². The summed E-state index contributed by atoms with van der Waals surface area (Å²) in [4.78, 5) is 10.3. The molecular weight excluding hydrogens is 126 g/mol. The minimum atomic E-state index is -0.194. The predicted octanol–water partition coefficient (Wildman–Crippen LogP) is 1.09. The molecule has 1 fully saturated rings. The van der Waals surface area contributed by atoms with E-state index in [2.05, 4.69) is 0 Å². The lowest BCUT2D eigenvalue weighted by molar-refractivity contribution is -0.110. The van der Waals surface area contributed by atoms with Crippen molar-refractivity contribution in [1.29, 1.82) is 0 Å². The van der Waals surface area contributed by atoms with E-state index in [0.29, 0.717) is 5.92 Å². The van der Waals surface area contributed by atoms with E-state index in [1.165, 1.54) is 19.3 Å². The summed E-state index contributed by atoms with van der Waals surface area (Å²) in [5, 5.41) is 0. The molecule has 0 heterocycles. The van der Waals surface area contributed by atoms with Gasteiger partial charge in [-0.3, -0.25) is 0 Å². The molecule has 0 aliphatic heterocycles. The first-order chi connectivity index (χ1) is 4.84. The van der Waals surface area contributed by atoms with Gasteiger partial charge in [0.2, 0.25) is 0 Å². The lowest BCUT2D eigenvalue weighted by atomic mass is 9.85. The Morgan fingerprint density at radius 2 is 1.90 bits per heavy atom. The first kappa shape index (κ1) is 7.73. The third-order valence-corrected chi connectivity index (χ3v) is 2.35. The highest BCUT2D eigenvalue weighted by atomic mass is 16.1. The third kappa shape index (κ3) is 1.81. The number of hydrogen-bond acceptors (Lipinski definition) is 2. The molecule has 0 spiro atoms. The van der Waals surface area contributed by atoms with Crippen molar-refractivity contribution < 1.29 is 4.79 Å². The van der Waals surface area contributed by atoms with Crippen LogP contribution in [0.3, 0.4) is 0 Å². The largest absolute Gasteiger partial charge is 0.322 e. The van der Waals surface area contributed by atoms with E-state index in [4.69, 9.17) is 5.73 Å². The molecule has 0 saturated heterocycles. The van der Waals surface area contributed by atoms with Crippen molar-refractivity contribution in [3.05, 3.63) is 0 Å². The Labute approximate surface area is 61.8 Å². The van der Waals surface area contributed by atoms with E-state index in [1.807, 2.05) is 0 Å². The van der Waals surface area contributed by atoms with Crippen LogP contribution in [-0.4, -0.2) is 12.3 Å². The van der Waals surface area contributed by atoms with Crippen LogP contribution in [0.15, 0.2) is 0 Å². The van der Waals surface area contributed by atoms with E-state index in [1.54, 1.807) is 0 Å². The maximum atomic E-state index is 10.3. The Kier molecular flexibility index (Phi) is 2.87. The number of aldehydes is 1. The summed E-state index contributed by atoms with van der Waals surface area (Å²) in [5.74, 6) is 0.478. The standard InChI is InChI=1S/C8H15NO/c9-8(6-10)7-4-2-1-3-5-7/h6-8H,1-5,9H2/t8-/m1/s1. The van der Waals surface area contributed by atoms with Gasteiger partial charge in [0, 0.05) is 0 Å². The zero-order chi connectivity index (χ0) is 7.40. The molecule has 1 rings (SSSR count). The molecule has 0 unspecified atom stereocenters. The van der Waals surface area contributed by atoms with Crippen LogP contribution in [-0.2, 0) is 4.79 Å². The lowest BCUT2D eigenvalue weighted by Crippen LogP contribution is -2.32. The predicted molar refractivity (Wildman–Crippen MR) is 40.6 cm³/mol. The van der Waals surface area contributed by atoms with Gasteiger partial charge in [-0.25, -0.2) is 0 Å². The molecule has 2 N–H and O–H groups in total. The number of rotatable bonds is 2. The summed E-state index contributed by atoms with van der Waals surface area (Å²) in [6.07, 6.45) is 7.02. The summed E-state index contributed by atoms with van der Waals surface area (Å²) >= 11 is 0. The van der Waals surface area contributed by atoms with E-state index in [-0.39, 0.29) is 6.04 Å². The molecule has 10 heavy (non-hydrogen) atoms. The van der Waals surface area contributed by atoms with Gasteiger partial charge in [0.15, 0.2) is 0 Å². The van der Waals surface area contributed by atoms with Gasteiger partial charge < -0.3 is 10.5 Å². The maximum Gasteiger partial charge on any atom is 0.136 e. The van der Waals surface area contributed by atoms with Gasteiger partial charge in [-0.2, -0.15) is 0 Å². The average Bonchev–Trinajstić information content (AvgIpc) is 2.05. The molecule has 0 radical (unpaired) electrons. The molecule has 1 saturated carbocycles. The topological polar surface area (TPSA) is 43.1 Å². The van der Waals surface area contributed by atoms with Crippen molar-refractivity contribution in [1.82, 2.24) is 0 Å². The summed E-state index contributed by atoms with van der Waals surface area (Å²) < 4.78 is 0. The smallest absolute Gasteiger partial charge is 0.136 e. The zero-order valence-corrected chi connectivity index (χ0v) is 6.25. The second-order valence-corrected chi connectivity index (χ2v) is 3.11. The molecule has 2 nitrogen and oxygen atoms in total. The Morgan fingerprint density at radius 1 is 1.30 bits per heavy atom. The quantitative estimate of drug-likeness (QED) is 0.585. The van der Waals surface area contributed by atoms with Crippen LogP contribution < -0.4 is 5.73 Å². The number of nitrogens with two attached hydrogens (primary N) is 1. The fraction of sp³-hybridized carbons (Fsp3) is 0.875. The molecule has 1 aliphatic rings. The van der Waals surface area contributed by atoms with Gasteiger partial charge in [-0.1, -0.05) is 19.3 Å². The van der Waals surface area contributed by atoms with Crippen molar-refractivity contribution >= 4 is 6.29 Å². The normalized spacial score (nSPS) is 24.1. The summed E-state index contributed by atoms with van der Waals surface area (Å²) in [6.45, 7) is 0. The highest BCUT2D eigenvalue weighted by Gasteiger charge is 2.19. The van der Waals surface area contributed by atoms with Gasteiger partial charge in [0.05, 0.1) is 6.04 Å². The number of hydrogen-bond donors (Lipinski definition) is 1. The second kappa shape index (κ2) is 3.71. The summed E-state index contributed by atoms with van der Waals surface area (Å²) in [7, 11) is 0.